The van der Waals surface area contributed by atoms with Crippen molar-refractivity contribution in [2.75, 3.05) is 10.6 Å². The molecule has 0 saturated carbocycles. The summed E-state index contributed by atoms with van der Waals surface area (Å²) in [5.41, 5.74) is 3.15. The van der Waals surface area contributed by atoms with E-state index < -0.39 is 10.0 Å². The molecule has 0 heterocycles. The lowest BCUT2D eigenvalue weighted by Gasteiger charge is -2.12. The molecular weight excluding hydrogens is 318 g/mol. The zero-order chi connectivity index (χ0) is 16.3. The lowest BCUT2D eigenvalue weighted by atomic mass is 10.2. The standard InChI is InChI=1S/C15H17N3O2S2/c1-10-3-6-12(7-4-10)17-15(21)18-13-8-5-11(2)14(9-13)22(16,19)20/h3-9H,1-2H3,(H2,16,19,20)(H2,17,18,21). The van der Waals surface area contributed by atoms with E-state index in [0.29, 0.717) is 16.4 Å². The fraction of sp³-hybridized carbons (Fsp3) is 0.133. The molecule has 116 valence electrons. The number of primary sulfonamides is 1. The summed E-state index contributed by atoms with van der Waals surface area (Å²) in [6.45, 7) is 3.69. The average molecular weight is 335 g/mol. The number of rotatable bonds is 3. The predicted molar refractivity (Wildman–Crippen MR) is 93.6 cm³/mol. The third-order valence-electron chi connectivity index (χ3n) is 3.06. The third kappa shape index (κ3) is 4.27. The van der Waals surface area contributed by atoms with Crippen molar-refractivity contribution in [2.45, 2.75) is 18.7 Å². The molecule has 2 rings (SSSR count). The van der Waals surface area contributed by atoms with Gasteiger partial charge in [0.2, 0.25) is 10.0 Å². The minimum atomic E-state index is -3.76. The third-order valence-corrected chi connectivity index (χ3v) is 4.32. The van der Waals surface area contributed by atoms with Crippen molar-refractivity contribution in [1.29, 1.82) is 0 Å². The molecule has 0 fully saturated rings. The summed E-state index contributed by atoms with van der Waals surface area (Å²) in [4.78, 5) is 0.0793. The van der Waals surface area contributed by atoms with Crippen molar-refractivity contribution in [3.8, 4) is 0 Å². The summed E-state index contributed by atoms with van der Waals surface area (Å²) in [6, 6.07) is 12.6. The zero-order valence-electron chi connectivity index (χ0n) is 12.3. The van der Waals surface area contributed by atoms with Gasteiger partial charge in [-0.05, 0) is 55.9 Å². The molecule has 7 heteroatoms. The largest absolute Gasteiger partial charge is 0.332 e. The molecule has 0 atom stereocenters. The molecule has 0 amide bonds. The van der Waals surface area contributed by atoms with Gasteiger partial charge in [-0.3, -0.25) is 0 Å². The molecular formula is C15H17N3O2S2. The summed E-state index contributed by atoms with van der Waals surface area (Å²) >= 11 is 5.22. The first-order valence-corrected chi connectivity index (χ1v) is 8.49. The fourth-order valence-electron chi connectivity index (χ4n) is 1.91. The van der Waals surface area contributed by atoms with Gasteiger partial charge in [0, 0.05) is 11.4 Å². The van der Waals surface area contributed by atoms with Crippen LogP contribution in [-0.2, 0) is 10.0 Å². The number of hydrogen-bond acceptors (Lipinski definition) is 3. The van der Waals surface area contributed by atoms with Crippen molar-refractivity contribution >= 4 is 38.7 Å². The van der Waals surface area contributed by atoms with Crippen LogP contribution in [0.3, 0.4) is 0 Å². The Morgan fingerprint density at radius 3 is 2.14 bits per heavy atom. The molecule has 0 spiro atoms. The Hall–Kier alpha value is -1.96. The van der Waals surface area contributed by atoms with Gasteiger partial charge >= 0.3 is 0 Å². The summed E-state index contributed by atoms with van der Waals surface area (Å²) in [7, 11) is -3.76. The van der Waals surface area contributed by atoms with E-state index in [1.54, 1.807) is 19.1 Å². The van der Waals surface area contributed by atoms with Gasteiger partial charge in [-0.25, -0.2) is 13.6 Å². The Morgan fingerprint density at radius 1 is 1.00 bits per heavy atom. The molecule has 0 unspecified atom stereocenters. The molecule has 5 nitrogen and oxygen atoms in total. The van der Waals surface area contributed by atoms with Crippen LogP contribution in [0.4, 0.5) is 11.4 Å². The Morgan fingerprint density at radius 2 is 1.55 bits per heavy atom. The second-order valence-corrected chi connectivity index (χ2v) is 6.91. The van der Waals surface area contributed by atoms with Crippen LogP contribution in [0.1, 0.15) is 11.1 Å². The number of nitrogens with one attached hydrogen (secondary N) is 2. The highest BCUT2D eigenvalue weighted by Gasteiger charge is 2.12. The summed E-state index contributed by atoms with van der Waals surface area (Å²) in [6.07, 6.45) is 0. The fourth-order valence-corrected chi connectivity index (χ4v) is 2.96. The lowest BCUT2D eigenvalue weighted by Crippen LogP contribution is -2.20. The minimum absolute atomic E-state index is 0.0793. The number of anilines is 2. The van der Waals surface area contributed by atoms with Gasteiger partial charge in [0.25, 0.3) is 0 Å². The van der Waals surface area contributed by atoms with Gasteiger partial charge < -0.3 is 10.6 Å². The maximum atomic E-state index is 11.5. The average Bonchev–Trinajstić information content (AvgIpc) is 2.42. The van der Waals surface area contributed by atoms with Gasteiger partial charge in [0.1, 0.15) is 0 Å². The molecule has 0 bridgehead atoms. The molecule has 4 N–H and O–H groups in total. The first kappa shape index (κ1) is 16.4. The van der Waals surface area contributed by atoms with Crippen molar-refractivity contribution in [2.24, 2.45) is 5.14 Å². The highest BCUT2D eigenvalue weighted by atomic mass is 32.2. The van der Waals surface area contributed by atoms with Crippen molar-refractivity contribution in [3.63, 3.8) is 0 Å². The number of hydrogen-bond donors (Lipinski definition) is 3. The van der Waals surface area contributed by atoms with Crippen LogP contribution in [0.5, 0.6) is 0 Å². The van der Waals surface area contributed by atoms with Crippen molar-refractivity contribution < 1.29 is 8.42 Å². The second-order valence-electron chi connectivity index (χ2n) is 4.97. The molecule has 0 aliphatic carbocycles. The van der Waals surface area contributed by atoms with Crippen LogP contribution < -0.4 is 15.8 Å². The minimum Gasteiger partial charge on any atom is -0.332 e. The summed E-state index contributed by atoms with van der Waals surface area (Å²) < 4.78 is 23.0. The van der Waals surface area contributed by atoms with Crippen LogP contribution in [0.25, 0.3) is 0 Å². The van der Waals surface area contributed by atoms with E-state index in [9.17, 15) is 8.42 Å². The van der Waals surface area contributed by atoms with Gasteiger partial charge in [-0.15, -0.1) is 0 Å². The van der Waals surface area contributed by atoms with Gasteiger partial charge in [0.15, 0.2) is 5.11 Å². The highest BCUT2D eigenvalue weighted by molar-refractivity contribution is 7.89. The SMILES string of the molecule is Cc1ccc(NC(=S)Nc2ccc(C)c(S(N)(=O)=O)c2)cc1. The Balaban J connectivity index is 2.13. The molecule has 0 aromatic heterocycles. The van der Waals surface area contributed by atoms with E-state index in [-0.39, 0.29) is 4.90 Å². The molecule has 2 aromatic carbocycles. The maximum Gasteiger partial charge on any atom is 0.238 e. The molecule has 22 heavy (non-hydrogen) atoms. The molecule has 0 aliphatic heterocycles. The van der Waals surface area contributed by atoms with Crippen LogP contribution in [0.15, 0.2) is 47.4 Å². The van der Waals surface area contributed by atoms with E-state index in [1.165, 1.54) is 6.07 Å². The zero-order valence-corrected chi connectivity index (χ0v) is 13.9. The van der Waals surface area contributed by atoms with Crippen LogP contribution in [0.2, 0.25) is 0 Å². The molecule has 0 aliphatic rings. The number of nitrogens with two attached hydrogens (primary N) is 1. The number of thiocarbonyl (C=S) groups is 1. The van der Waals surface area contributed by atoms with E-state index in [1.807, 2.05) is 31.2 Å². The number of benzene rings is 2. The van der Waals surface area contributed by atoms with E-state index in [4.69, 9.17) is 17.4 Å². The predicted octanol–water partition coefficient (Wildman–Crippen LogP) is 2.76. The first-order chi connectivity index (χ1) is 10.3. The van der Waals surface area contributed by atoms with Crippen LogP contribution in [-0.4, -0.2) is 13.5 Å². The topological polar surface area (TPSA) is 84.2 Å². The first-order valence-electron chi connectivity index (χ1n) is 6.54. The lowest BCUT2D eigenvalue weighted by molar-refractivity contribution is 0.597. The Bertz CT molecular complexity index is 800. The molecule has 0 saturated heterocycles. The van der Waals surface area contributed by atoms with E-state index >= 15 is 0 Å². The van der Waals surface area contributed by atoms with Gasteiger partial charge in [-0.1, -0.05) is 23.8 Å². The van der Waals surface area contributed by atoms with Crippen molar-refractivity contribution in [3.05, 3.63) is 53.6 Å². The molecule has 2 aromatic rings. The van der Waals surface area contributed by atoms with Gasteiger partial charge in [0.05, 0.1) is 4.90 Å². The van der Waals surface area contributed by atoms with Crippen molar-refractivity contribution in [1.82, 2.24) is 0 Å². The Kier molecular flexibility index (Phi) is 4.80. The van der Waals surface area contributed by atoms with Gasteiger partial charge in [-0.2, -0.15) is 0 Å². The highest BCUT2D eigenvalue weighted by Crippen LogP contribution is 2.19. The Labute approximate surface area is 135 Å². The maximum absolute atomic E-state index is 11.5. The normalized spacial score (nSPS) is 11.0. The number of sulfonamides is 1. The second kappa shape index (κ2) is 6.43. The summed E-state index contributed by atoms with van der Waals surface area (Å²) in [5.74, 6) is 0. The molecule has 0 radical (unpaired) electrons. The smallest absolute Gasteiger partial charge is 0.238 e. The van der Waals surface area contributed by atoms with Crippen LogP contribution in [0, 0.1) is 13.8 Å². The monoisotopic (exact) mass is 335 g/mol. The van der Waals surface area contributed by atoms with E-state index in [0.717, 1.165) is 11.3 Å². The quantitative estimate of drug-likeness (QED) is 0.751. The summed E-state index contributed by atoms with van der Waals surface area (Å²) in [5, 5.41) is 11.5. The number of aryl methyl sites for hydroxylation is 2. The van der Waals surface area contributed by atoms with E-state index in [2.05, 4.69) is 10.6 Å². The van der Waals surface area contributed by atoms with Crippen LogP contribution >= 0.6 is 12.2 Å².